The highest BCUT2D eigenvalue weighted by Gasteiger charge is 2.30. The Balaban J connectivity index is 1.73. The fourth-order valence-electron chi connectivity index (χ4n) is 3.94. The first-order chi connectivity index (χ1) is 15.7. The molecule has 0 aromatic heterocycles. The van der Waals surface area contributed by atoms with Gasteiger partial charge < -0.3 is 29.6 Å². The zero-order chi connectivity index (χ0) is 24.2. The van der Waals surface area contributed by atoms with Crippen LogP contribution in [-0.2, 0) is 0 Å². The number of nitrogen functional groups attached to an aromatic ring is 1. The number of nitrogens with two attached hydrogens (primary N) is 1. The quantitative estimate of drug-likeness (QED) is 0.599. The van der Waals surface area contributed by atoms with Gasteiger partial charge in [-0.25, -0.2) is 0 Å². The van der Waals surface area contributed by atoms with Gasteiger partial charge in [0.05, 0.1) is 27.0 Å². The van der Waals surface area contributed by atoms with E-state index in [-0.39, 0.29) is 11.4 Å². The lowest BCUT2D eigenvalue weighted by molar-refractivity contribution is 0.0390. The summed E-state index contributed by atoms with van der Waals surface area (Å²) in [5.74, 6) is 2.32. The SMILES string of the molecule is CCC(C)(C)N1CCN(C(=O)c2ccc(Oc3cc(OC)c(OC)c(OC)c3)c(N)c2)CC1. The zero-order valence-electron chi connectivity index (χ0n) is 20.4. The van der Waals surface area contributed by atoms with Gasteiger partial charge in [-0.15, -0.1) is 0 Å². The van der Waals surface area contributed by atoms with Crippen molar-refractivity contribution in [1.82, 2.24) is 9.80 Å². The van der Waals surface area contributed by atoms with E-state index in [1.807, 2.05) is 4.90 Å². The van der Waals surface area contributed by atoms with Gasteiger partial charge >= 0.3 is 0 Å². The largest absolute Gasteiger partial charge is 0.493 e. The molecule has 2 N–H and O–H groups in total. The van der Waals surface area contributed by atoms with Gasteiger partial charge in [0.25, 0.3) is 5.91 Å². The fraction of sp³-hybridized carbons (Fsp3) is 0.480. The van der Waals surface area contributed by atoms with Crippen LogP contribution < -0.4 is 24.7 Å². The van der Waals surface area contributed by atoms with E-state index in [1.54, 1.807) is 51.7 Å². The topological polar surface area (TPSA) is 86.5 Å². The molecule has 1 aliphatic rings. The van der Waals surface area contributed by atoms with E-state index < -0.39 is 0 Å². The first-order valence-electron chi connectivity index (χ1n) is 11.2. The molecule has 2 aromatic rings. The van der Waals surface area contributed by atoms with Crippen LogP contribution in [0.5, 0.6) is 28.7 Å². The number of anilines is 1. The number of piperazine rings is 1. The number of carbonyl (C=O) groups excluding carboxylic acids is 1. The van der Waals surface area contributed by atoms with Crippen molar-refractivity contribution in [3.8, 4) is 28.7 Å². The number of benzene rings is 2. The summed E-state index contributed by atoms with van der Waals surface area (Å²) in [4.78, 5) is 17.4. The molecule has 180 valence electrons. The number of rotatable bonds is 8. The van der Waals surface area contributed by atoms with Gasteiger partial charge in [0.2, 0.25) is 5.75 Å². The van der Waals surface area contributed by atoms with E-state index >= 15 is 0 Å². The minimum absolute atomic E-state index is 0.0185. The van der Waals surface area contributed by atoms with Crippen LogP contribution in [0.2, 0.25) is 0 Å². The summed E-state index contributed by atoms with van der Waals surface area (Å²) in [6.07, 6.45) is 1.07. The molecule has 0 spiro atoms. The average Bonchev–Trinajstić information content (AvgIpc) is 2.84. The van der Waals surface area contributed by atoms with E-state index in [0.717, 1.165) is 19.5 Å². The summed E-state index contributed by atoms with van der Waals surface area (Å²) in [7, 11) is 4.62. The van der Waals surface area contributed by atoms with Gasteiger partial charge in [-0.3, -0.25) is 9.69 Å². The fourth-order valence-corrected chi connectivity index (χ4v) is 3.94. The van der Waals surface area contributed by atoms with E-state index in [2.05, 4.69) is 25.7 Å². The Labute approximate surface area is 196 Å². The van der Waals surface area contributed by atoms with Crippen LogP contribution in [0.15, 0.2) is 30.3 Å². The maximum Gasteiger partial charge on any atom is 0.254 e. The van der Waals surface area contributed by atoms with Gasteiger partial charge in [-0.2, -0.15) is 0 Å². The molecule has 1 fully saturated rings. The summed E-state index contributed by atoms with van der Waals surface area (Å²) in [5.41, 5.74) is 7.31. The molecule has 0 atom stereocenters. The molecule has 3 rings (SSSR count). The number of amides is 1. The summed E-state index contributed by atoms with van der Waals surface area (Å²) >= 11 is 0. The number of ether oxygens (including phenoxy) is 4. The molecule has 8 nitrogen and oxygen atoms in total. The van der Waals surface area contributed by atoms with Crippen LogP contribution in [0.25, 0.3) is 0 Å². The van der Waals surface area contributed by atoms with Gasteiger partial charge in [-0.05, 0) is 38.5 Å². The number of nitrogens with zero attached hydrogens (tertiary/aromatic N) is 2. The molecular weight excluding hydrogens is 422 g/mol. The molecule has 0 radical (unpaired) electrons. The van der Waals surface area contributed by atoms with Crippen molar-refractivity contribution in [3.63, 3.8) is 0 Å². The third-order valence-corrected chi connectivity index (χ3v) is 6.41. The van der Waals surface area contributed by atoms with E-state index in [9.17, 15) is 4.79 Å². The third-order valence-electron chi connectivity index (χ3n) is 6.41. The standard InChI is InChI=1S/C25H35N3O5/c1-7-25(2,3)28-12-10-27(11-13-28)24(29)17-8-9-20(19(26)14-17)33-18-15-21(30-4)23(32-6)22(16-18)31-5/h8-9,14-16H,7,10-13,26H2,1-6H3. The van der Waals surface area contributed by atoms with Gasteiger partial charge in [0, 0.05) is 49.4 Å². The third kappa shape index (κ3) is 5.27. The molecule has 1 amide bonds. The van der Waals surface area contributed by atoms with E-state index in [0.29, 0.717) is 53.1 Å². The first kappa shape index (κ1) is 24.5. The number of hydrogen-bond acceptors (Lipinski definition) is 7. The van der Waals surface area contributed by atoms with E-state index in [1.165, 1.54) is 0 Å². The average molecular weight is 458 g/mol. The van der Waals surface area contributed by atoms with Crippen molar-refractivity contribution in [2.45, 2.75) is 32.7 Å². The Bertz CT molecular complexity index is 959. The van der Waals surface area contributed by atoms with Crippen LogP contribution >= 0.6 is 0 Å². The highest BCUT2D eigenvalue weighted by atomic mass is 16.5. The van der Waals surface area contributed by atoms with Crippen molar-refractivity contribution in [3.05, 3.63) is 35.9 Å². The van der Waals surface area contributed by atoms with Crippen LogP contribution in [0.1, 0.15) is 37.6 Å². The molecular formula is C25H35N3O5. The van der Waals surface area contributed by atoms with Gasteiger partial charge in [-0.1, -0.05) is 6.92 Å². The molecule has 33 heavy (non-hydrogen) atoms. The highest BCUT2D eigenvalue weighted by Crippen LogP contribution is 2.42. The Morgan fingerprint density at radius 3 is 2.03 bits per heavy atom. The summed E-state index contributed by atoms with van der Waals surface area (Å²) in [5, 5.41) is 0. The lowest BCUT2D eigenvalue weighted by Crippen LogP contribution is -2.55. The predicted octanol–water partition coefficient (Wildman–Crippen LogP) is 4.03. The normalized spacial score (nSPS) is 14.7. The second kappa shape index (κ2) is 10.2. The maximum absolute atomic E-state index is 13.0. The number of hydrogen-bond donors (Lipinski definition) is 1. The molecule has 0 unspecified atom stereocenters. The smallest absolute Gasteiger partial charge is 0.254 e. The minimum Gasteiger partial charge on any atom is -0.493 e. The molecule has 1 heterocycles. The summed E-state index contributed by atoms with van der Waals surface area (Å²) in [6, 6.07) is 8.50. The van der Waals surface area contributed by atoms with Crippen LogP contribution in [0.3, 0.4) is 0 Å². The van der Waals surface area contributed by atoms with Crippen LogP contribution in [0.4, 0.5) is 5.69 Å². The van der Waals surface area contributed by atoms with Crippen molar-refractivity contribution in [2.75, 3.05) is 53.2 Å². The second-order valence-corrected chi connectivity index (χ2v) is 8.66. The second-order valence-electron chi connectivity index (χ2n) is 8.66. The van der Waals surface area contributed by atoms with Crippen molar-refractivity contribution < 1.29 is 23.7 Å². The zero-order valence-corrected chi connectivity index (χ0v) is 20.4. The van der Waals surface area contributed by atoms with Crippen LogP contribution in [-0.4, -0.2) is 68.8 Å². The molecule has 0 saturated carbocycles. The molecule has 8 heteroatoms. The molecule has 1 saturated heterocycles. The molecule has 0 aliphatic carbocycles. The molecule has 2 aromatic carbocycles. The monoisotopic (exact) mass is 457 g/mol. The van der Waals surface area contributed by atoms with Gasteiger partial charge in [0.1, 0.15) is 11.5 Å². The van der Waals surface area contributed by atoms with Gasteiger partial charge in [0.15, 0.2) is 11.5 Å². The highest BCUT2D eigenvalue weighted by molar-refractivity contribution is 5.95. The Kier molecular flexibility index (Phi) is 7.58. The van der Waals surface area contributed by atoms with Crippen molar-refractivity contribution >= 4 is 11.6 Å². The van der Waals surface area contributed by atoms with Crippen molar-refractivity contribution in [1.29, 1.82) is 0 Å². The number of methoxy groups -OCH3 is 3. The summed E-state index contributed by atoms with van der Waals surface area (Å²) < 4.78 is 22.1. The Morgan fingerprint density at radius 2 is 1.55 bits per heavy atom. The lowest BCUT2D eigenvalue weighted by atomic mass is 9.98. The maximum atomic E-state index is 13.0. The van der Waals surface area contributed by atoms with Crippen molar-refractivity contribution in [2.24, 2.45) is 0 Å². The summed E-state index contributed by atoms with van der Waals surface area (Å²) in [6.45, 7) is 9.82. The molecule has 1 aliphatic heterocycles. The Hall–Kier alpha value is -3.13. The molecule has 0 bridgehead atoms. The van der Waals surface area contributed by atoms with E-state index in [4.69, 9.17) is 24.7 Å². The number of carbonyl (C=O) groups is 1. The minimum atomic E-state index is -0.0185. The first-order valence-corrected chi connectivity index (χ1v) is 11.2. The Morgan fingerprint density at radius 1 is 0.939 bits per heavy atom. The lowest BCUT2D eigenvalue weighted by Gasteiger charge is -2.43. The predicted molar refractivity (Wildman–Crippen MR) is 129 cm³/mol. The van der Waals surface area contributed by atoms with Crippen LogP contribution in [0, 0.1) is 0 Å².